The van der Waals surface area contributed by atoms with E-state index in [1.165, 1.54) is 31.3 Å². The number of carbonyl (C=O) groups is 1. The van der Waals surface area contributed by atoms with E-state index in [1.54, 1.807) is 24.3 Å². The van der Waals surface area contributed by atoms with Crippen molar-refractivity contribution in [1.29, 1.82) is 0 Å². The number of nitrogens with zero attached hydrogens (tertiary/aromatic N) is 1. The predicted octanol–water partition coefficient (Wildman–Crippen LogP) is 3.07. The number of rotatable bonds is 6. The van der Waals surface area contributed by atoms with Crippen LogP contribution in [0.25, 0.3) is 0 Å². The van der Waals surface area contributed by atoms with Crippen LogP contribution in [0.15, 0.2) is 53.4 Å². The van der Waals surface area contributed by atoms with Crippen LogP contribution in [0.5, 0.6) is 0 Å². The minimum atomic E-state index is -3.75. The van der Waals surface area contributed by atoms with Crippen LogP contribution in [-0.4, -0.2) is 40.6 Å². The van der Waals surface area contributed by atoms with Crippen LogP contribution >= 0.6 is 11.6 Å². The van der Waals surface area contributed by atoms with Crippen molar-refractivity contribution in [2.24, 2.45) is 0 Å². The molecule has 1 N–H and O–H groups in total. The van der Waals surface area contributed by atoms with E-state index >= 15 is 0 Å². The molecule has 1 aliphatic heterocycles. The molecule has 0 aromatic heterocycles. The fraction of sp³-hybridized carbons (Fsp3) is 0.316. The highest BCUT2D eigenvalue weighted by molar-refractivity contribution is 7.92. The second-order valence-electron chi connectivity index (χ2n) is 6.32. The molecule has 1 unspecified atom stereocenters. The second-order valence-corrected chi connectivity index (χ2v) is 8.73. The molecule has 0 radical (unpaired) electrons. The van der Waals surface area contributed by atoms with Gasteiger partial charge in [0.1, 0.15) is 0 Å². The van der Waals surface area contributed by atoms with Crippen LogP contribution in [0.4, 0.5) is 5.69 Å². The van der Waals surface area contributed by atoms with E-state index in [0.717, 1.165) is 23.8 Å². The van der Waals surface area contributed by atoms with Crippen molar-refractivity contribution in [3.63, 3.8) is 0 Å². The smallest absolute Gasteiger partial charge is 0.264 e. The average Bonchev–Trinajstić information content (AvgIpc) is 3.19. The van der Waals surface area contributed by atoms with E-state index in [4.69, 9.17) is 16.3 Å². The van der Waals surface area contributed by atoms with Gasteiger partial charge in [-0.1, -0.05) is 17.7 Å². The van der Waals surface area contributed by atoms with Gasteiger partial charge >= 0.3 is 0 Å². The lowest BCUT2D eigenvalue weighted by molar-refractivity contribution is 0.0858. The van der Waals surface area contributed by atoms with Crippen molar-refractivity contribution in [3.8, 4) is 0 Å². The van der Waals surface area contributed by atoms with Crippen molar-refractivity contribution in [2.75, 3.05) is 24.5 Å². The minimum Gasteiger partial charge on any atom is -0.376 e. The zero-order chi connectivity index (χ0) is 19.4. The van der Waals surface area contributed by atoms with Gasteiger partial charge in [0.2, 0.25) is 0 Å². The van der Waals surface area contributed by atoms with Crippen LogP contribution in [0.2, 0.25) is 5.02 Å². The summed E-state index contributed by atoms with van der Waals surface area (Å²) in [5, 5.41) is 3.30. The van der Waals surface area contributed by atoms with Gasteiger partial charge in [0.15, 0.2) is 0 Å². The summed E-state index contributed by atoms with van der Waals surface area (Å²) < 4.78 is 32.2. The maximum Gasteiger partial charge on any atom is 0.264 e. The molecule has 27 heavy (non-hydrogen) atoms. The normalized spacial score (nSPS) is 16.9. The average molecular weight is 409 g/mol. The first-order valence-corrected chi connectivity index (χ1v) is 10.4. The van der Waals surface area contributed by atoms with E-state index < -0.39 is 10.0 Å². The molecule has 2 aromatic carbocycles. The molecular weight excluding hydrogens is 388 g/mol. The summed E-state index contributed by atoms with van der Waals surface area (Å²) in [6, 6.07) is 12.5. The fourth-order valence-electron chi connectivity index (χ4n) is 2.86. The number of hydrogen-bond acceptors (Lipinski definition) is 4. The molecule has 0 aliphatic carbocycles. The van der Waals surface area contributed by atoms with Gasteiger partial charge in [-0.2, -0.15) is 0 Å². The molecule has 144 valence electrons. The van der Waals surface area contributed by atoms with Gasteiger partial charge in [-0.25, -0.2) is 8.42 Å². The molecule has 1 amide bonds. The number of hydrogen-bond donors (Lipinski definition) is 1. The first kappa shape index (κ1) is 19.7. The van der Waals surface area contributed by atoms with Crippen molar-refractivity contribution in [3.05, 3.63) is 59.1 Å². The Morgan fingerprint density at radius 3 is 2.67 bits per heavy atom. The lowest BCUT2D eigenvalue weighted by Gasteiger charge is -2.20. The van der Waals surface area contributed by atoms with Gasteiger partial charge in [0.05, 0.1) is 16.7 Å². The third-order valence-corrected chi connectivity index (χ3v) is 6.51. The zero-order valence-corrected chi connectivity index (χ0v) is 16.5. The summed E-state index contributed by atoms with van der Waals surface area (Å²) in [5.74, 6) is -0.260. The molecule has 0 saturated carbocycles. The van der Waals surface area contributed by atoms with Gasteiger partial charge in [0.25, 0.3) is 15.9 Å². The molecule has 8 heteroatoms. The number of ether oxygens (including phenoxy) is 1. The molecule has 1 atom stereocenters. The van der Waals surface area contributed by atoms with Crippen LogP contribution in [-0.2, 0) is 14.8 Å². The molecule has 6 nitrogen and oxygen atoms in total. The maximum absolute atomic E-state index is 12.8. The number of anilines is 1. The van der Waals surface area contributed by atoms with Crippen LogP contribution in [0.3, 0.4) is 0 Å². The Hall–Kier alpha value is -2.09. The molecule has 2 aromatic rings. The molecule has 1 aliphatic rings. The maximum atomic E-state index is 12.8. The quantitative estimate of drug-likeness (QED) is 0.796. The third-order valence-electron chi connectivity index (χ3n) is 4.46. The Labute approximate surface area is 164 Å². The third kappa shape index (κ3) is 4.61. The van der Waals surface area contributed by atoms with E-state index in [1.807, 2.05) is 0 Å². The largest absolute Gasteiger partial charge is 0.376 e. The summed E-state index contributed by atoms with van der Waals surface area (Å²) in [6.07, 6.45) is 1.98. The number of benzene rings is 2. The van der Waals surface area contributed by atoms with Crippen molar-refractivity contribution in [1.82, 2.24) is 5.32 Å². The monoisotopic (exact) mass is 408 g/mol. The number of nitrogens with one attached hydrogen (secondary N) is 1. The van der Waals surface area contributed by atoms with Crippen molar-refractivity contribution < 1.29 is 17.9 Å². The van der Waals surface area contributed by atoms with Gasteiger partial charge in [0, 0.05) is 30.8 Å². The molecule has 3 rings (SSSR count). The van der Waals surface area contributed by atoms with Gasteiger partial charge in [-0.15, -0.1) is 0 Å². The number of amides is 1. The summed E-state index contributed by atoms with van der Waals surface area (Å²) in [4.78, 5) is 12.5. The highest BCUT2D eigenvalue weighted by Gasteiger charge is 2.22. The number of carbonyl (C=O) groups excluding carboxylic acids is 1. The van der Waals surface area contributed by atoms with E-state index in [0.29, 0.717) is 22.8 Å². The minimum absolute atomic E-state index is 0.0464. The topological polar surface area (TPSA) is 75.7 Å². The van der Waals surface area contributed by atoms with E-state index in [-0.39, 0.29) is 16.9 Å². The Morgan fingerprint density at radius 1 is 1.26 bits per heavy atom. The Morgan fingerprint density at radius 2 is 2.00 bits per heavy atom. The first-order chi connectivity index (χ1) is 12.9. The van der Waals surface area contributed by atoms with Gasteiger partial charge in [-0.05, 0) is 55.3 Å². The highest BCUT2D eigenvalue weighted by atomic mass is 35.5. The number of sulfonamides is 1. The lowest BCUT2D eigenvalue weighted by atomic mass is 10.2. The summed E-state index contributed by atoms with van der Waals surface area (Å²) in [7, 11) is -2.30. The van der Waals surface area contributed by atoms with Gasteiger partial charge < -0.3 is 10.1 Å². The molecule has 1 saturated heterocycles. The molecule has 1 heterocycles. The number of halogens is 1. The SMILES string of the molecule is CN(c1cccc(C(=O)NCC2CCCO2)c1)S(=O)(=O)c1ccc(Cl)cc1. The second kappa shape index (κ2) is 8.29. The van der Waals surface area contributed by atoms with Gasteiger partial charge in [-0.3, -0.25) is 9.10 Å². The predicted molar refractivity (Wildman–Crippen MR) is 105 cm³/mol. The van der Waals surface area contributed by atoms with Crippen LogP contribution in [0, 0.1) is 0 Å². The Bertz CT molecular complexity index is 910. The standard InChI is InChI=1S/C19H21ClN2O4S/c1-22(27(24,25)18-9-7-15(20)8-10-18)16-5-2-4-14(12-16)19(23)21-13-17-6-3-11-26-17/h2,4-5,7-10,12,17H,3,6,11,13H2,1H3,(H,21,23). The molecule has 0 spiro atoms. The van der Waals surface area contributed by atoms with Crippen molar-refractivity contribution >= 4 is 33.2 Å². The van der Waals surface area contributed by atoms with Crippen molar-refractivity contribution in [2.45, 2.75) is 23.8 Å². The fourth-order valence-corrected chi connectivity index (χ4v) is 4.17. The van der Waals surface area contributed by atoms with E-state index in [2.05, 4.69) is 5.32 Å². The molecule has 0 bridgehead atoms. The summed E-state index contributed by atoms with van der Waals surface area (Å²) >= 11 is 5.83. The summed E-state index contributed by atoms with van der Waals surface area (Å²) in [6.45, 7) is 1.17. The molecular formula is C19H21ClN2O4S. The van der Waals surface area contributed by atoms with E-state index in [9.17, 15) is 13.2 Å². The zero-order valence-electron chi connectivity index (χ0n) is 14.9. The lowest BCUT2D eigenvalue weighted by Crippen LogP contribution is -2.32. The Kier molecular flexibility index (Phi) is 6.04. The Balaban J connectivity index is 1.75. The summed E-state index contributed by atoms with van der Waals surface area (Å²) in [5.41, 5.74) is 0.790. The van der Waals surface area contributed by atoms with Crippen LogP contribution in [0.1, 0.15) is 23.2 Å². The highest BCUT2D eigenvalue weighted by Crippen LogP contribution is 2.24. The molecule has 1 fully saturated rings. The first-order valence-electron chi connectivity index (χ1n) is 8.62. The van der Waals surface area contributed by atoms with Crippen LogP contribution < -0.4 is 9.62 Å².